The van der Waals surface area contributed by atoms with Crippen LogP contribution in [-0.4, -0.2) is 46.4 Å². The normalized spacial score (nSPS) is 16.8. The van der Waals surface area contributed by atoms with Crippen molar-refractivity contribution in [2.45, 2.75) is 31.1 Å². The van der Waals surface area contributed by atoms with Gasteiger partial charge in [0.1, 0.15) is 5.75 Å². The van der Waals surface area contributed by atoms with E-state index in [-0.39, 0.29) is 11.3 Å². The highest BCUT2D eigenvalue weighted by Crippen LogP contribution is 2.35. The average Bonchev–Trinajstić information content (AvgIpc) is 2.61. The van der Waals surface area contributed by atoms with Crippen LogP contribution in [0.4, 0.5) is 0 Å². The molecule has 1 aliphatic heterocycles. The van der Waals surface area contributed by atoms with Gasteiger partial charge in [-0.25, -0.2) is 0 Å². The largest absolute Gasteiger partial charge is 0.497 e. The first-order valence-electron chi connectivity index (χ1n) is 8.34. The Labute approximate surface area is 138 Å². The molecule has 2 rings (SSSR count). The molecular weight excluding hydrogens is 292 g/mol. The summed E-state index contributed by atoms with van der Waals surface area (Å²) in [6, 6.07) is 8.19. The molecule has 0 radical (unpaired) electrons. The van der Waals surface area contributed by atoms with Crippen LogP contribution in [0.15, 0.2) is 24.3 Å². The van der Waals surface area contributed by atoms with Crippen molar-refractivity contribution in [2.24, 2.45) is 0 Å². The second-order valence-electron chi connectivity index (χ2n) is 6.11. The molecule has 0 saturated carbocycles. The van der Waals surface area contributed by atoms with Gasteiger partial charge in [0.05, 0.1) is 7.11 Å². The molecular formula is C18H28N2O3. The first kappa shape index (κ1) is 17.8. The lowest BCUT2D eigenvalue weighted by Gasteiger charge is -2.38. The van der Waals surface area contributed by atoms with Crippen LogP contribution in [0.2, 0.25) is 0 Å². The van der Waals surface area contributed by atoms with E-state index in [4.69, 9.17) is 9.47 Å². The van der Waals surface area contributed by atoms with Gasteiger partial charge in [-0.05, 0) is 50.6 Å². The van der Waals surface area contributed by atoms with Crippen molar-refractivity contribution in [2.75, 3.05) is 40.5 Å². The number of nitrogens with one attached hydrogen (secondary N) is 2. The van der Waals surface area contributed by atoms with Crippen LogP contribution >= 0.6 is 0 Å². The van der Waals surface area contributed by atoms with Gasteiger partial charge < -0.3 is 20.1 Å². The fourth-order valence-corrected chi connectivity index (χ4v) is 3.06. The summed E-state index contributed by atoms with van der Waals surface area (Å²) < 4.78 is 10.8. The number of methoxy groups -OCH3 is 1. The molecule has 1 fully saturated rings. The summed E-state index contributed by atoms with van der Waals surface area (Å²) in [7, 11) is 3.57. The number of hydrogen-bond donors (Lipinski definition) is 2. The molecule has 0 aromatic heterocycles. The highest BCUT2D eigenvalue weighted by atomic mass is 16.5. The van der Waals surface area contributed by atoms with Crippen molar-refractivity contribution in [3.8, 4) is 5.75 Å². The summed E-state index contributed by atoms with van der Waals surface area (Å²) in [5.41, 5.74) is 1.21. The van der Waals surface area contributed by atoms with Gasteiger partial charge in [0.2, 0.25) is 5.91 Å². The maximum atomic E-state index is 12.0. The van der Waals surface area contributed by atoms with E-state index in [0.29, 0.717) is 13.0 Å². The smallest absolute Gasteiger partial charge is 0.220 e. The third-order valence-corrected chi connectivity index (χ3v) is 4.61. The molecule has 0 spiro atoms. The first-order valence-corrected chi connectivity index (χ1v) is 8.34. The number of hydrogen-bond acceptors (Lipinski definition) is 4. The van der Waals surface area contributed by atoms with Crippen LogP contribution in [0.3, 0.4) is 0 Å². The fourth-order valence-electron chi connectivity index (χ4n) is 3.06. The van der Waals surface area contributed by atoms with E-state index in [1.807, 2.05) is 19.2 Å². The number of carbonyl (C=O) groups excluding carboxylic acids is 1. The van der Waals surface area contributed by atoms with E-state index in [0.717, 1.165) is 44.8 Å². The lowest BCUT2D eigenvalue weighted by atomic mass is 9.74. The number of rotatable bonds is 8. The molecule has 5 nitrogen and oxygen atoms in total. The number of ether oxygens (including phenoxy) is 2. The van der Waals surface area contributed by atoms with Crippen LogP contribution in [0.5, 0.6) is 5.75 Å². The Balaban J connectivity index is 2.01. The van der Waals surface area contributed by atoms with Crippen molar-refractivity contribution < 1.29 is 14.3 Å². The van der Waals surface area contributed by atoms with Crippen molar-refractivity contribution in [1.82, 2.24) is 10.6 Å². The molecule has 0 atom stereocenters. The van der Waals surface area contributed by atoms with Gasteiger partial charge >= 0.3 is 0 Å². The monoisotopic (exact) mass is 320 g/mol. The Morgan fingerprint density at radius 1 is 1.26 bits per heavy atom. The maximum Gasteiger partial charge on any atom is 0.220 e. The minimum atomic E-state index is -0.0385. The highest BCUT2D eigenvalue weighted by Gasteiger charge is 2.34. The minimum absolute atomic E-state index is 0.0385. The quantitative estimate of drug-likeness (QED) is 0.718. The molecule has 0 aliphatic carbocycles. The standard InChI is InChI=1S/C18H28N2O3/c1-19-11-3-4-17(21)20-14-18(9-12-23-13-10-18)15-5-7-16(22-2)8-6-15/h5-8,19H,3-4,9-14H2,1-2H3,(H,20,21). The van der Waals surface area contributed by atoms with Gasteiger partial charge in [0.15, 0.2) is 0 Å². The lowest BCUT2D eigenvalue weighted by molar-refractivity contribution is -0.121. The summed E-state index contributed by atoms with van der Waals surface area (Å²) >= 11 is 0. The molecule has 0 bridgehead atoms. The zero-order chi connectivity index (χ0) is 16.5. The Kier molecular flexibility index (Phi) is 6.86. The Morgan fingerprint density at radius 2 is 1.96 bits per heavy atom. The maximum absolute atomic E-state index is 12.0. The van der Waals surface area contributed by atoms with Crippen molar-refractivity contribution >= 4 is 5.91 Å². The van der Waals surface area contributed by atoms with Gasteiger partial charge in [0, 0.05) is 31.6 Å². The van der Waals surface area contributed by atoms with Crippen molar-refractivity contribution in [1.29, 1.82) is 0 Å². The van der Waals surface area contributed by atoms with Crippen LogP contribution in [0.1, 0.15) is 31.2 Å². The topological polar surface area (TPSA) is 59.6 Å². The van der Waals surface area contributed by atoms with Gasteiger partial charge in [-0.15, -0.1) is 0 Å². The van der Waals surface area contributed by atoms with E-state index < -0.39 is 0 Å². The summed E-state index contributed by atoms with van der Waals surface area (Å²) in [6.07, 6.45) is 3.28. The first-order chi connectivity index (χ1) is 11.2. The molecule has 0 unspecified atom stereocenters. The number of amides is 1. The zero-order valence-corrected chi connectivity index (χ0v) is 14.2. The second kappa shape index (κ2) is 8.89. The SMILES string of the molecule is CNCCCC(=O)NCC1(c2ccc(OC)cc2)CCOCC1. The minimum Gasteiger partial charge on any atom is -0.497 e. The molecule has 1 aliphatic rings. The number of carbonyl (C=O) groups is 1. The molecule has 128 valence electrons. The summed E-state index contributed by atoms with van der Waals surface area (Å²) in [5, 5.41) is 6.19. The molecule has 1 saturated heterocycles. The predicted molar refractivity (Wildman–Crippen MR) is 90.9 cm³/mol. The predicted octanol–water partition coefficient (Wildman–Crippen LogP) is 1.86. The molecule has 1 aromatic carbocycles. The molecule has 1 heterocycles. The van der Waals surface area contributed by atoms with Crippen molar-refractivity contribution in [3.05, 3.63) is 29.8 Å². The Bertz CT molecular complexity index is 482. The molecule has 1 aromatic rings. The van der Waals surface area contributed by atoms with Gasteiger partial charge in [-0.2, -0.15) is 0 Å². The van der Waals surface area contributed by atoms with E-state index in [1.54, 1.807) is 7.11 Å². The zero-order valence-electron chi connectivity index (χ0n) is 14.2. The van der Waals surface area contributed by atoms with E-state index in [2.05, 4.69) is 22.8 Å². The van der Waals surface area contributed by atoms with Gasteiger partial charge in [-0.1, -0.05) is 12.1 Å². The van der Waals surface area contributed by atoms with Crippen LogP contribution in [-0.2, 0) is 14.9 Å². The third-order valence-electron chi connectivity index (χ3n) is 4.61. The molecule has 5 heteroatoms. The molecule has 2 N–H and O–H groups in total. The van der Waals surface area contributed by atoms with Crippen molar-refractivity contribution in [3.63, 3.8) is 0 Å². The summed E-state index contributed by atoms with van der Waals surface area (Å²) in [6.45, 7) is 3.01. The Hall–Kier alpha value is -1.59. The van der Waals surface area contributed by atoms with Crippen LogP contribution in [0, 0.1) is 0 Å². The number of benzene rings is 1. The lowest BCUT2D eigenvalue weighted by Crippen LogP contribution is -2.44. The fraction of sp³-hybridized carbons (Fsp3) is 0.611. The molecule has 1 amide bonds. The van der Waals surface area contributed by atoms with E-state index >= 15 is 0 Å². The summed E-state index contributed by atoms with van der Waals surface area (Å²) in [5.74, 6) is 0.978. The highest BCUT2D eigenvalue weighted by molar-refractivity contribution is 5.76. The third kappa shape index (κ3) is 4.94. The Morgan fingerprint density at radius 3 is 2.57 bits per heavy atom. The average molecular weight is 320 g/mol. The second-order valence-corrected chi connectivity index (χ2v) is 6.11. The van der Waals surface area contributed by atoms with Gasteiger partial charge in [0.25, 0.3) is 0 Å². The van der Waals surface area contributed by atoms with Crippen LogP contribution in [0.25, 0.3) is 0 Å². The van der Waals surface area contributed by atoms with Gasteiger partial charge in [-0.3, -0.25) is 4.79 Å². The van der Waals surface area contributed by atoms with E-state index in [9.17, 15) is 4.79 Å². The molecule has 23 heavy (non-hydrogen) atoms. The van der Waals surface area contributed by atoms with Crippen LogP contribution < -0.4 is 15.4 Å². The van der Waals surface area contributed by atoms with E-state index in [1.165, 1.54) is 5.56 Å². The summed E-state index contributed by atoms with van der Waals surface area (Å²) in [4.78, 5) is 12.0.